The van der Waals surface area contributed by atoms with Crippen molar-refractivity contribution in [2.24, 2.45) is 5.92 Å². The molecule has 0 spiro atoms. The van der Waals surface area contributed by atoms with E-state index in [4.69, 9.17) is 0 Å². The van der Waals surface area contributed by atoms with E-state index in [9.17, 15) is 4.79 Å². The maximum atomic E-state index is 11.3. The van der Waals surface area contributed by atoms with Gasteiger partial charge in [0, 0.05) is 6.04 Å². The molecule has 2 heterocycles. The summed E-state index contributed by atoms with van der Waals surface area (Å²) in [7, 11) is 1.99. The summed E-state index contributed by atoms with van der Waals surface area (Å²) < 4.78 is 0. The second-order valence-electron chi connectivity index (χ2n) is 4.90. The standard InChI is InChI=1S/C13H18N4O/c1-14-12(9-4-5-15-7-9)8-2-3-10-11(6-8)17-13(18)16-10/h2-3,6,9,12,14-15H,4-5,7H2,1H3,(H2,16,17,18). The first-order chi connectivity index (χ1) is 8.78. The average Bonchev–Trinajstić information content (AvgIpc) is 2.97. The molecule has 1 aromatic carbocycles. The van der Waals surface area contributed by atoms with Crippen LogP contribution in [0.5, 0.6) is 0 Å². The van der Waals surface area contributed by atoms with E-state index in [0.717, 1.165) is 24.1 Å². The molecule has 1 aliphatic heterocycles. The van der Waals surface area contributed by atoms with Gasteiger partial charge >= 0.3 is 5.69 Å². The molecule has 0 aliphatic carbocycles. The first kappa shape index (κ1) is 11.5. The van der Waals surface area contributed by atoms with Crippen molar-refractivity contribution < 1.29 is 0 Å². The summed E-state index contributed by atoms with van der Waals surface area (Å²) >= 11 is 0. The van der Waals surface area contributed by atoms with E-state index in [-0.39, 0.29) is 5.69 Å². The van der Waals surface area contributed by atoms with E-state index in [2.05, 4.69) is 32.7 Å². The van der Waals surface area contributed by atoms with Crippen molar-refractivity contribution in [3.8, 4) is 0 Å². The maximum Gasteiger partial charge on any atom is 0.323 e. The third-order valence-electron chi connectivity index (χ3n) is 3.78. The van der Waals surface area contributed by atoms with E-state index >= 15 is 0 Å². The minimum atomic E-state index is -0.148. The smallest absolute Gasteiger partial charge is 0.316 e. The van der Waals surface area contributed by atoms with Gasteiger partial charge in [-0.25, -0.2) is 4.79 Å². The number of rotatable bonds is 3. The highest BCUT2D eigenvalue weighted by Gasteiger charge is 2.25. The highest BCUT2D eigenvalue weighted by Crippen LogP contribution is 2.27. The zero-order valence-corrected chi connectivity index (χ0v) is 10.4. The van der Waals surface area contributed by atoms with E-state index in [1.54, 1.807) is 0 Å². The molecule has 2 unspecified atom stereocenters. The molecule has 1 aromatic heterocycles. The lowest BCUT2D eigenvalue weighted by Crippen LogP contribution is -2.26. The molecule has 4 N–H and O–H groups in total. The second-order valence-corrected chi connectivity index (χ2v) is 4.90. The van der Waals surface area contributed by atoms with Crippen LogP contribution in [-0.2, 0) is 0 Å². The fourth-order valence-electron chi connectivity index (χ4n) is 2.88. The molecule has 0 saturated carbocycles. The summed E-state index contributed by atoms with van der Waals surface area (Å²) in [5.41, 5.74) is 2.83. The van der Waals surface area contributed by atoms with Crippen molar-refractivity contribution in [2.75, 3.05) is 20.1 Å². The van der Waals surface area contributed by atoms with Gasteiger partial charge in [0.25, 0.3) is 0 Å². The third-order valence-corrected chi connectivity index (χ3v) is 3.78. The molecule has 96 valence electrons. The first-order valence-corrected chi connectivity index (χ1v) is 6.38. The van der Waals surface area contributed by atoms with Crippen LogP contribution in [0.15, 0.2) is 23.0 Å². The zero-order chi connectivity index (χ0) is 12.5. The van der Waals surface area contributed by atoms with Crippen LogP contribution in [0, 0.1) is 5.92 Å². The Bertz CT molecular complexity index is 594. The van der Waals surface area contributed by atoms with Crippen LogP contribution in [0.2, 0.25) is 0 Å². The number of benzene rings is 1. The van der Waals surface area contributed by atoms with E-state index in [1.807, 2.05) is 13.1 Å². The Morgan fingerprint density at radius 3 is 2.89 bits per heavy atom. The normalized spacial score (nSPS) is 21.5. The largest absolute Gasteiger partial charge is 0.323 e. The summed E-state index contributed by atoms with van der Waals surface area (Å²) in [6, 6.07) is 6.45. The fourth-order valence-corrected chi connectivity index (χ4v) is 2.88. The summed E-state index contributed by atoms with van der Waals surface area (Å²) in [4.78, 5) is 16.8. The van der Waals surface area contributed by atoms with Crippen LogP contribution in [0.1, 0.15) is 18.0 Å². The first-order valence-electron chi connectivity index (χ1n) is 6.38. The summed E-state index contributed by atoms with van der Waals surface area (Å²) in [5, 5.41) is 6.78. The van der Waals surface area contributed by atoms with Crippen molar-refractivity contribution in [3.05, 3.63) is 34.2 Å². The van der Waals surface area contributed by atoms with Gasteiger partial charge in [-0.1, -0.05) is 6.07 Å². The number of hydrogen-bond donors (Lipinski definition) is 4. The molecule has 0 bridgehead atoms. The van der Waals surface area contributed by atoms with E-state index in [1.165, 1.54) is 12.0 Å². The van der Waals surface area contributed by atoms with Gasteiger partial charge in [-0.05, 0) is 50.2 Å². The van der Waals surface area contributed by atoms with Gasteiger partial charge in [-0.2, -0.15) is 0 Å². The minimum absolute atomic E-state index is 0.148. The Labute approximate surface area is 105 Å². The van der Waals surface area contributed by atoms with Crippen LogP contribution in [0.4, 0.5) is 0 Å². The van der Waals surface area contributed by atoms with Gasteiger partial charge in [0.2, 0.25) is 0 Å². The number of aromatic nitrogens is 2. The quantitative estimate of drug-likeness (QED) is 0.645. The second kappa shape index (κ2) is 4.59. The van der Waals surface area contributed by atoms with E-state index in [0.29, 0.717) is 12.0 Å². The highest BCUT2D eigenvalue weighted by atomic mass is 16.1. The Morgan fingerprint density at radius 1 is 1.33 bits per heavy atom. The molecular weight excluding hydrogens is 228 g/mol. The van der Waals surface area contributed by atoms with Crippen molar-refractivity contribution in [3.63, 3.8) is 0 Å². The molecule has 1 saturated heterocycles. The number of H-pyrrole nitrogens is 2. The molecule has 3 rings (SSSR count). The molecule has 18 heavy (non-hydrogen) atoms. The number of imidazole rings is 1. The minimum Gasteiger partial charge on any atom is -0.316 e. The van der Waals surface area contributed by atoms with Crippen LogP contribution in [0.25, 0.3) is 11.0 Å². The molecule has 2 aromatic rings. The SMILES string of the molecule is CNC(c1ccc2[nH]c(=O)[nH]c2c1)C1CCNC1. The molecule has 1 aliphatic rings. The molecule has 0 amide bonds. The lowest BCUT2D eigenvalue weighted by atomic mass is 9.92. The van der Waals surface area contributed by atoms with Gasteiger partial charge in [0.1, 0.15) is 0 Å². The van der Waals surface area contributed by atoms with Gasteiger partial charge in [-0.3, -0.25) is 0 Å². The molecular formula is C13H18N4O. The van der Waals surface area contributed by atoms with Crippen molar-refractivity contribution in [2.45, 2.75) is 12.5 Å². The van der Waals surface area contributed by atoms with Gasteiger partial charge in [-0.15, -0.1) is 0 Å². The molecule has 2 atom stereocenters. The van der Waals surface area contributed by atoms with Crippen molar-refractivity contribution in [1.82, 2.24) is 20.6 Å². The number of aromatic amines is 2. The van der Waals surface area contributed by atoms with Gasteiger partial charge < -0.3 is 20.6 Å². The van der Waals surface area contributed by atoms with Crippen LogP contribution < -0.4 is 16.3 Å². The Balaban J connectivity index is 1.98. The molecule has 5 nitrogen and oxygen atoms in total. The predicted molar refractivity (Wildman–Crippen MR) is 71.7 cm³/mol. The Morgan fingerprint density at radius 2 is 2.17 bits per heavy atom. The fraction of sp³-hybridized carbons (Fsp3) is 0.462. The molecule has 5 heteroatoms. The third kappa shape index (κ3) is 1.95. The Kier molecular flexibility index (Phi) is 2.93. The predicted octanol–water partition coefficient (Wildman–Crippen LogP) is 0.726. The van der Waals surface area contributed by atoms with Gasteiger partial charge in [0.15, 0.2) is 0 Å². The molecule has 0 radical (unpaired) electrons. The number of fused-ring (bicyclic) bond motifs is 1. The highest BCUT2D eigenvalue weighted by molar-refractivity contribution is 5.75. The lowest BCUT2D eigenvalue weighted by molar-refractivity contribution is 0.411. The van der Waals surface area contributed by atoms with E-state index < -0.39 is 0 Å². The van der Waals surface area contributed by atoms with Crippen LogP contribution in [0.3, 0.4) is 0 Å². The average molecular weight is 246 g/mol. The maximum absolute atomic E-state index is 11.3. The van der Waals surface area contributed by atoms with Crippen LogP contribution >= 0.6 is 0 Å². The zero-order valence-electron chi connectivity index (χ0n) is 10.4. The summed E-state index contributed by atoms with van der Waals surface area (Å²) in [6.45, 7) is 2.14. The lowest BCUT2D eigenvalue weighted by Gasteiger charge is -2.22. The number of hydrogen-bond acceptors (Lipinski definition) is 3. The van der Waals surface area contributed by atoms with Crippen molar-refractivity contribution in [1.29, 1.82) is 0 Å². The summed E-state index contributed by atoms with van der Waals surface area (Å²) in [6.07, 6.45) is 1.19. The monoisotopic (exact) mass is 246 g/mol. The van der Waals surface area contributed by atoms with Crippen LogP contribution in [-0.4, -0.2) is 30.1 Å². The molecule has 1 fully saturated rings. The van der Waals surface area contributed by atoms with Crippen molar-refractivity contribution >= 4 is 11.0 Å². The topological polar surface area (TPSA) is 72.7 Å². The Hall–Kier alpha value is -1.59. The summed E-state index contributed by atoms with van der Waals surface area (Å²) in [5.74, 6) is 0.609. The number of nitrogens with one attached hydrogen (secondary N) is 4. The van der Waals surface area contributed by atoms with Gasteiger partial charge in [0.05, 0.1) is 11.0 Å².